The van der Waals surface area contributed by atoms with Gasteiger partial charge in [0.1, 0.15) is 5.82 Å². The van der Waals surface area contributed by atoms with Crippen LogP contribution in [0, 0.1) is 5.82 Å². The molecule has 2 aliphatic rings. The van der Waals surface area contributed by atoms with Gasteiger partial charge in [-0.2, -0.15) is 0 Å². The van der Waals surface area contributed by atoms with E-state index < -0.39 is 15.3 Å². The number of benzene rings is 2. The monoisotopic (exact) mass is 594 g/mol. The van der Waals surface area contributed by atoms with Crippen molar-refractivity contribution in [3.05, 3.63) is 66.6 Å². The van der Waals surface area contributed by atoms with Crippen LogP contribution in [-0.4, -0.2) is 67.9 Å². The van der Waals surface area contributed by atoms with Gasteiger partial charge in [0.15, 0.2) is 5.13 Å². The van der Waals surface area contributed by atoms with E-state index in [0.717, 1.165) is 31.9 Å². The molecule has 41 heavy (non-hydrogen) atoms. The van der Waals surface area contributed by atoms with Crippen LogP contribution in [0.4, 0.5) is 26.8 Å². The van der Waals surface area contributed by atoms with Crippen LogP contribution in [0.2, 0.25) is 0 Å². The van der Waals surface area contributed by atoms with Gasteiger partial charge in [0.05, 0.1) is 21.5 Å². The number of hydrogen-bond donors (Lipinski definition) is 4. The van der Waals surface area contributed by atoms with E-state index in [2.05, 4.69) is 47.7 Å². The highest BCUT2D eigenvalue weighted by atomic mass is 32.2. The average Bonchev–Trinajstić information content (AvgIpc) is 3.42. The number of piperazine rings is 1. The van der Waals surface area contributed by atoms with Crippen LogP contribution in [0.3, 0.4) is 0 Å². The van der Waals surface area contributed by atoms with Gasteiger partial charge in [0.25, 0.3) is 0 Å². The van der Waals surface area contributed by atoms with Crippen molar-refractivity contribution >= 4 is 43.8 Å². The van der Waals surface area contributed by atoms with Crippen molar-refractivity contribution in [2.75, 3.05) is 54.2 Å². The van der Waals surface area contributed by atoms with Crippen molar-refractivity contribution < 1.29 is 12.8 Å². The van der Waals surface area contributed by atoms with E-state index in [1.165, 1.54) is 29.2 Å². The minimum absolute atomic E-state index is 0.245. The first-order chi connectivity index (χ1) is 19.9. The second-order valence-electron chi connectivity index (χ2n) is 9.97. The van der Waals surface area contributed by atoms with Crippen molar-refractivity contribution in [1.82, 2.24) is 25.6 Å². The highest BCUT2D eigenvalue weighted by Gasteiger charge is 2.29. The summed E-state index contributed by atoms with van der Waals surface area (Å²) in [7, 11) is -3.63. The smallest absolute Gasteiger partial charge is 0.237 e. The third-order valence-corrected chi connectivity index (χ3v) is 10.1. The van der Waals surface area contributed by atoms with Crippen LogP contribution in [0.5, 0.6) is 0 Å². The lowest BCUT2D eigenvalue weighted by molar-refractivity contribution is 0.499. The zero-order valence-corrected chi connectivity index (χ0v) is 23.9. The Morgan fingerprint density at radius 3 is 2.34 bits per heavy atom. The molecule has 2 aliphatic heterocycles. The summed E-state index contributed by atoms with van der Waals surface area (Å²) in [6.07, 6.45) is 2.72. The van der Waals surface area contributed by atoms with Crippen molar-refractivity contribution in [2.24, 2.45) is 0 Å². The fraction of sp³-hybridized carbons (Fsp3) is 0.321. The molecule has 0 aliphatic carbocycles. The highest BCUT2D eigenvalue weighted by molar-refractivity contribution is 7.93. The Hall–Kier alpha value is -3.65. The van der Waals surface area contributed by atoms with Crippen molar-refractivity contribution in [3.8, 4) is 21.8 Å². The Labute approximate surface area is 242 Å². The van der Waals surface area contributed by atoms with Gasteiger partial charge in [-0.05, 0) is 80.5 Å². The summed E-state index contributed by atoms with van der Waals surface area (Å²) >= 11 is 1.20. The lowest BCUT2D eigenvalue weighted by atomic mass is 10.1. The average molecular weight is 595 g/mol. The third kappa shape index (κ3) is 6.48. The lowest BCUT2D eigenvalue weighted by Crippen LogP contribution is -2.43. The Bertz CT molecular complexity index is 1580. The number of hydrogen-bond acceptors (Lipinski definition) is 10. The van der Waals surface area contributed by atoms with Gasteiger partial charge >= 0.3 is 0 Å². The van der Waals surface area contributed by atoms with Gasteiger partial charge in [-0.15, -0.1) is 0 Å². The number of aromatic nitrogens is 3. The maximum atomic E-state index is 13.7. The van der Waals surface area contributed by atoms with E-state index in [1.54, 1.807) is 24.4 Å². The van der Waals surface area contributed by atoms with Gasteiger partial charge in [-0.3, -0.25) is 4.72 Å². The summed E-state index contributed by atoms with van der Waals surface area (Å²) in [5.41, 5.74) is 3.76. The summed E-state index contributed by atoms with van der Waals surface area (Å²) in [6.45, 7) is 5.20. The lowest BCUT2D eigenvalue weighted by Gasteiger charge is -2.29. The normalized spacial score (nSPS) is 16.5. The van der Waals surface area contributed by atoms with Gasteiger partial charge < -0.3 is 20.9 Å². The maximum absolute atomic E-state index is 13.7. The highest BCUT2D eigenvalue weighted by Crippen LogP contribution is 2.39. The minimum Gasteiger partial charge on any atom is -0.369 e. The predicted molar refractivity (Wildman–Crippen MR) is 162 cm³/mol. The first kappa shape index (κ1) is 27.5. The molecule has 10 nitrogen and oxygen atoms in total. The second-order valence-corrected chi connectivity index (χ2v) is 12.9. The molecular weight excluding hydrogens is 563 g/mol. The van der Waals surface area contributed by atoms with Crippen LogP contribution in [0.1, 0.15) is 12.8 Å². The molecule has 0 spiro atoms. The molecule has 0 amide bonds. The molecule has 0 unspecified atom stereocenters. The number of halogens is 1. The topological polar surface area (TPSA) is 124 Å². The van der Waals surface area contributed by atoms with Crippen LogP contribution >= 0.6 is 11.3 Å². The largest absolute Gasteiger partial charge is 0.369 e. The quantitative estimate of drug-likeness (QED) is 0.239. The molecule has 6 rings (SSSR count). The van der Waals surface area contributed by atoms with Crippen molar-refractivity contribution in [1.29, 1.82) is 0 Å². The second kappa shape index (κ2) is 12.1. The van der Waals surface area contributed by atoms with E-state index in [0.29, 0.717) is 53.7 Å². The first-order valence-electron chi connectivity index (χ1n) is 13.6. The van der Waals surface area contributed by atoms with E-state index in [4.69, 9.17) is 4.98 Å². The summed E-state index contributed by atoms with van der Waals surface area (Å²) in [6, 6.07) is 15.9. The number of nitrogens with zero attached hydrogens (tertiary/aromatic N) is 4. The Morgan fingerprint density at radius 2 is 1.61 bits per heavy atom. The fourth-order valence-electron chi connectivity index (χ4n) is 5.00. The summed E-state index contributed by atoms with van der Waals surface area (Å²) in [5.74, 6) is 0.0292. The number of thiazole rings is 1. The van der Waals surface area contributed by atoms with Crippen molar-refractivity contribution in [3.63, 3.8) is 0 Å². The molecule has 4 N–H and O–H groups in total. The molecule has 214 valence electrons. The fourth-order valence-corrected chi connectivity index (χ4v) is 7.64. The minimum atomic E-state index is -3.63. The van der Waals surface area contributed by atoms with Gasteiger partial charge in [-0.25, -0.2) is 27.8 Å². The van der Waals surface area contributed by atoms with E-state index in [9.17, 15) is 12.8 Å². The Kier molecular flexibility index (Phi) is 8.10. The summed E-state index contributed by atoms with van der Waals surface area (Å²) in [5, 5.41) is 9.58. The standard InChI is InChI=1S/C28H31FN8O2S2/c29-20-3-1-19(2-4-20)25-26(40-28(35-25)36-41(38,39)23-9-12-30-13-10-23)24-11-14-32-27(34-24)33-21-5-7-22(8-6-21)37-17-15-31-16-18-37/h1-8,11,14,23,30-31H,9-10,12-13,15-18H2,(H,35,36)(H,32,33,34). The number of anilines is 4. The number of sulfonamides is 1. The van der Waals surface area contributed by atoms with E-state index in [-0.39, 0.29) is 10.9 Å². The molecule has 2 aromatic heterocycles. The number of rotatable bonds is 8. The molecule has 2 fully saturated rings. The molecule has 0 saturated carbocycles. The molecule has 0 bridgehead atoms. The molecule has 4 heterocycles. The predicted octanol–water partition coefficient (Wildman–Crippen LogP) is 4.05. The first-order valence-corrected chi connectivity index (χ1v) is 16.0. The van der Waals surface area contributed by atoms with Crippen LogP contribution in [0.25, 0.3) is 21.8 Å². The zero-order chi connectivity index (χ0) is 28.2. The summed E-state index contributed by atoms with van der Waals surface area (Å²) in [4.78, 5) is 16.7. The van der Waals surface area contributed by atoms with Gasteiger partial charge in [0, 0.05) is 49.3 Å². The molecule has 2 saturated heterocycles. The van der Waals surface area contributed by atoms with Crippen LogP contribution in [0.15, 0.2) is 60.8 Å². The molecule has 2 aromatic carbocycles. The SMILES string of the molecule is O=S(=O)(Nc1nc(-c2ccc(F)cc2)c(-c2ccnc(Nc3ccc(N4CCNCC4)cc3)n2)s1)C1CCNCC1. The molecule has 13 heteroatoms. The van der Waals surface area contributed by atoms with Crippen molar-refractivity contribution in [2.45, 2.75) is 18.1 Å². The third-order valence-electron chi connectivity index (χ3n) is 7.19. The Balaban J connectivity index is 1.27. The van der Waals surface area contributed by atoms with Crippen LogP contribution < -0.4 is 25.6 Å². The molecular formula is C28H31FN8O2S2. The van der Waals surface area contributed by atoms with E-state index in [1.807, 2.05) is 12.1 Å². The van der Waals surface area contributed by atoms with Gasteiger partial charge in [-0.1, -0.05) is 11.3 Å². The number of piperidine rings is 1. The number of nitrogens with one attached hydrogen (secondary N) is 4. The zero-order valence-electron chi connectivity index (χ0n) is 22.3. The molecule has 4 aromatic rings. The molecule has 0 radical (unpaired) electrons. The summed E-state index contributed by atoms with van der Waals surface area (Å²) < 4.78 is 42.6. The van der Waals surface area contributed by atoms with E-state index >= 15 is 0 Å². The van der Waals surface area contributed by atoms with Gasteiger partial charge in [0.2, 0.25) is 16.0 Å². The maximum Gasteiger partial charge on any atom is 0.237 e. The van der Waals surface area contributed by atoms with Crippen LogP contribution in [-0.2, 0) is 10.0 Å². The Morgan fingerprint density at radius 1 is 0.902 bits per heavy atom. The molecule has 0 atom stereocenters.